The summed E-state index contributed by atoms with van der Waals surface area (Å²) in [6, 6.07) is 22.6. The highest BCUT2D eigenvalue weighted by Gasteiger charge is 2.46. The molecule has 2 bridgehead atoms. The molecule has 5 nitrogen and oxygen atoms in total. The number of ether oxygens (including phenoxy) is 1. The standard InChI is InChI=1S/C27H28FN3O2/c1-18-5-3-4-6-26(18)19(2)30-16-23-15-22(30)17-31(23)27(32)29-21-9-13-25(14-10-21)33-24-11-7-20(28)8-12-24/h3-14,19,22-23H,15-17H2,1-2H3,(H,29,32). The van der Waals surface area contributed by atoms with Gasteiger partial charge in [-0.3, -0.25) is 4.90 Å². The van der Waals surface area contributed by atoms with Crippen LogP contribution in [-0.4, -0.2) is 41.0 Å². The summed E-state index contributed by atoms with van der Waals surface area (Å²) in [5.74, 6) is 0.884. The summed E-state index contributed by atoms with van der Waals surface area (Å²) in [7, 11) is 0. The van der Waals surface area contributed by atoms with Crippen LogP contribution >= 0.6 is 0 Å². The second-order valence-corrected chi connectivity index (χ2v) is 8.94. The van der Waals surface area contributed by atoms with E-state index in [-0.39, 0.29) is 17.9 Å². The molecular formula is C27H28FN3O2. The SMILES string of the molecule is Cc1ccccc1C(C)N1CC2CC1CN2C(=O)Nc1ccc(Oc2ccc(F)cc2)cc1. The minimum Gasteiger partial charge on any atom is -0.457 e. The molecule has 2 heterocycles. The third-order valence-electron chi connectivity index (χ3n) is 6.83. The maximum Gasteiger partial charge on any atom is 0.322 e. The minimum atomic E-state index is -0.302. The summed E-state index contributed by atoms with van der Waals surface area (Å²) < 4.78 is 18.8. The zero-order chi connectivity index (χ0) is 22.9. The van der Waals surface area contributed by atoms with Crippen molar-refractivity contribution in [3.8, 4) is 11.5 Å². The van der Waals surface area contributed by atoms with Crippen LogP contribution in [0.3, 0.4) is 0 Å². The number of carbonyl (C=O) groups excluding carboxylic acids is 1. The van der Waals surface area contributed by atoms with Crippen LogP contribution in [0.4, 0.5) is 14.9 Å². The highest BCUT2D eigenvalue weighted by Crippen LogP contribution is 2.37. The molecule has 2 fully saturated rings. The first-order valence-corrected chi connectivity index (χ1v) is 11.4. The molecule has 3 aromatic carbocycles. The Hall–Kier alpha value is -3.38. The normalized spacial score (nSPS) is 20.6. The Morgan fingerprint density at radius 2 is 1.64 bits per heavy atom. The van der Waals surface area contributed by atoms with Crippen LogP contribution in [0.1, 0.15) is 30.5 Å². The predicted molar refractivity (Wildman–Crippen MR) is 127 cm³/mol. The average molecular weight is 446 g/mol. The molecule has 0 spiro atoms. The number of aryl methyl sites for hydroxylation is 1. The van der Waals surface area contributed by atoms with Gasteiger partial charge in [-0.2, -0.15) is 0 Å². The lowest BCUT2D eigenvalue weighted by Gasteiger charge is -2.38. The number of nitrogens with one attached hydrogen (secondary N) is 1. The van der Waals surface area contributed by atoms with E-state index in [0.29, 0.717) is 23.6 Å². The molecule has 0 saturated carbocycles. The molecule has 2 amide bonds. The summed E-state index contributed by atoms with van der Waals surface area (Å²) in [4.78, 5) is 17.4. The zero-order valence-corrected chi connectivity index (χ0v) is 18.9. The minimum absolute atomic E-state index is 0.0575. The number of anilines is 1. The van der Waals surface area contributed by atoms with Crippen molar-refractivity contribution in [3.63, 3.8) is 0 Å². The van der Waals surface area contributed by atoms with Gasteiger partial charge in [0.2, 0.25) is 0 Å². The first-order chi connectivity index (χ1) is 16.0. The second kappa shape index (κ2) is 8.87. The van der Waals surface area contributed by atoms with Crippen molar-refractivity contribution in [2.75, 3.05) is 18.4 Å². The van der Waals surface area contributed by atoms with Crippen LogP contribution in [0.25, 0.3) is 0 Å². The lowest BCUT2D eigenvalue weighted by atomic mass is 10.0. The van der Waals surface area contributed by atoms with Crippen molar-refractivity contribution in [2.45, 2.75) is 38.4 Å². The number of nitrogens with zero attached hydrogens (tertiary/aromatic N) is 2. The number of fused-ring (bicyclic) bond motifs is 2. The lowest BCUT2D eigenvalue weighted by Crippen LogP contribution is -2.50. The van der Waals surface area contributed by atoms with Crippen molar-refractivity contribution in [2.24, 2.45) is 0 Å². The monoisotopic (exact) mass is 445 g/mol. The molecule has 3 aromatic rings. The van der Waals surface area contributed by atoms with E-state index in [1.807, 2.05) is 17.0 Å². The highest BCUT2D eigenvalue weighted by atomic mass is 19.1. The Morgan fingerprint density at radius 1 is 0.970 bits per heavy atom. The number of amides is 2. The fraction of sp³-hybridized carbons (Fsp3) is 0.296. The fourth-order valence-electron chi connectivity index (χ4n) is 5.10. The van der Waals surface area contributed by atoms with Crippen LogP contribution in [-0.2, 0) is 0 Å². The molecule has 1 N–H and O–H groups in total. The van der Waals surface area contributed by atoms with E-state index < -0.39 is 0 Å². The molecule has 0 aliphatic carbocycles. The molecule has 33 heavy (non-hydrogen) atoms. The van der Waals surface area contributed by atoms with E-state index in [1.165, 1.54) is 23.3 Å². The van der Waals surface area contributed by atoms with E-state index in [0.717, 1.165) is 25.2 Å². The number of benzene rings is 3. The Balaban J connectivity index is 1.17. The molecule has 2 aliphatic rings. The van der Waals surface area contributed by atoms with Gasteiger partial charge in [-0.1, -0.05) is 24.3 Å². The molecule has 0 radical (unpaired) electrons. The number of urea groups is 1. The second-order valence-electron chi connectivity index (χ2n) is 8.94. The quantitative estimate of drug-likeness (QED) is 0.526. The van der Waals surface area contributed by atoms with E-state index in [2.05, 4.69) is 48.3 Å². The molecule has 5 rings (SSSR count). The van der Waals surface area contributed by atoms with Gasteiger partial charge in [-0.05, 0) is 79.9 Å². The van der Waals surface area contributed by atoms with Gasteiger partial charge in [-0.25, -0.2) is 9.18 Å². The molecular weight excluding hydrogens is 417 g/mol. The fourth-order valence-corrected chi connectivity index (χ4v) is 5.10. The molecule has 3 atom stereocenters. The highest BCUT2D eigenvalue weighted by molar-refractivity contribution is 5.90. The predicted octanol–water partition coefficient (Wildman–Crippen LogP) is 5.98. The number of carbonyl (C=O) groups is 1. The summed E-state index contributed by atoms with van der Waals surface area (Å²) >= 11 is 0. The summed E-state index contributed by atoms with van der Waals surface area (Å²) in [5.41, 5.74) is 3.40. The summed E-state index contributed by atoms with van der Waals surface area (Å²) in [6.07, 6.45) is 1.02. The Kier molecular flexibility index (Phi) is 5.77. The van der Waals surface area contributed by atoms with Crippen LogP contribution in [0.5, 0.6) is 11.5 Å². The van der Waals surface area contributed by atoms with Gasteiger partial charge in [0.15, 0.2) is 0 Å². The number of likely N-dealkylation sites (tertiary alicyclic amines) is 2. The molecule has 0 aromatic heterocycles. The van der Waals surface area contributed by atoms with Crippen LogP contribution in [0, 0.1) is 12.7 Å². The largest absolute Gasteiger partial charge is 0.457 e. The van der Waals surface area contributed by atoms with E-state index in [4.69, 9.17) is 4.74 Å². The summed E-state index contributed by atoms with van der Waals surface area (Å²) in [6.45, 7) is 6.08. The molecule has 3 unspecified atom stereocenters. The smallest absolute Gasteiger partial charge is 0.322 e. The van der Waals surface area contributed by atoms with Gasteiger partial charge >= 0.3 is 6.03 Å². The number of rotatable bonds is 5. The van der Waals surface area contributed by atoms with E-state index in [9.17, 15) is 9.18 Å². The third-order valence-corrected chi connectivity index (χ3v) is 6.83. The maximum absolute atomic E-state index is 13.0. The average Bonchev–Trinajstić information content (AvgIpc) is 3.43. The van der Waals surface area contributed by atoms with Gasteiger partial charge in [0, 0.05) is 36.9 Å². The van der Waals surface area contributed by atoms with Gasteiger partial charge in [0.1, 0.15) is 17.3 Å². The Labute approximate surface area is 193 Å². The number of halogens is 1. The van der Waals surface area contributed by atoms with Gasteiger partial charge in [0.25, 0.3) is 0 Å². The molecule has 2 aliphatic heterocycles. The van der Waals surface area contributed by atoms with Gasteiger partial charge < -0.3 is 15.0 Å². The molecule has 170 valence electrons. The van der Waals surface area contributed by atoms with Crippen molar-refractivity contribution >= 4 is 11.7 Å². The van der Waals surface area contributed by atoms with Crippen LogP contribution in [0.15, 0.2) is 72.8 Å². The van der Waals surface area contributed by atoms with Crippen LogP contribution in [0.2, 0.25) is 0 Å². The topological polar surface area (TPSA) is 44.8 Å². The van der Waals surface area contributed by atoms with E-state index >= 15 is 0 Å². The Morgan fingerprint density at radius 3 is 2.27 bits per heavy atom. The molecule has 2 saturated heterocycles. The first kappa shape index (κ1) is 21.5. The number of hydrogen-bond donors (Lipinski definition) is 1. The summed E-state index contributed by atoms with van der Waals surface area (Å²) in [5, 5.41) is 3.02. The molecule has 6 heteroatoms. The zero-order valence-electron chi connectivity index (χ0n) is 18.9. The van der Waals surface area contributed by atoms with Crippen molar-refractivity contribution in [1.82, 2.24) is 9.80 Å². The van der Waals surface area contributed by atoms with E-state index in [1.54, 1.807) is 24.3 Å². The lowest BCUT2D eigenvalue weighted by molar-refractivity contribution is 0.115. The van der Waals surface area contributed by atoms with Crippen molar-refractivity contribution < 1.29 is 13.9 Å². The van der Waals surface area contributed by atoms with Gasteiger partial charge in [-0.15, -0.1) is 0 Å². The Bertz CT molecular complexity index is 1130. The third kappa shape index (κ3) is 4.44. The van der Waals surface area contributed by atoms with Gasteiger partial charge in [0.05, 0.1) is 0 Å². The first-order valence-electron chi connectivity index (χ1n) is 11.4. The maximum atomic E-state index is 13.0. The van der Waals surface area contributed by atoms with Crippen molar-refractivity contribution in [1.29, 1.82) is 0 Å². The van der Waals surface area contributed by atoms with Crippen molar-refractivity contribution in [3.05, 3.63) is 89.7 Å². The number of hydrogen-bond acceptors (Lipinski definition) is 3. The van der Waals surface area contributed by atoms with Crippen LogP contribution < -0.4 is 10.1 Å². The number of piperazine rings is 1.